The molecule has 11 rings (SSSR count). The van der Waals surface area contributed by atoms with E-state index in [1.165, 1.54) is 112 Å². The van der Waals surface area contributed by atoms with E-state index >= 15 is 0 Å². The lowest BCUT2D eigenvalue weighted by atomic mass is 9.34. The molecule has 6 aromatic rings. The van der Waals surface area contributed by atoms with Gasteiger partial charge in [-0.1, -0.05) is 166 Å². The zero-order valence-electron chi connectivity index (χ0n) is 40.6. The second kappa shape index (κ2) is 14.8. The smallest absolute Gasteiger partial charge is 0.264 e. The summed E-state index contributed by atoms with van der Waals surface area (Å²) in [7, 11) is 0. The van der Waals surface area contributed by atoms with Gasteiger partial charge in [-0.05, 0) is 142 Å². The molecule has 1 saturated carbocycles. The van der Waals surface area contributed by atoms with E-state index in [9.17, 15) is 0 Å². The van der Waals surface area contributed by atoms with Gasteiger partial charge in [0, 0.05) is 48.8 Å². The third kappa shape index (κ3) is 6.79. The van der Waals surface area contributed by atoms with Gasteiger partial charge in [0.2, 0.25) is 0 Å². The molecule has 0 N–H and O–H groups in total. The van der Waals surface area contributed by atoms with Crippen LogP contribution in [0.4, 0.5) is 22.7 Å². The molecule has 3 aliphatic carbocycles. The molecule has 4 heteroatoms. The number of allylic oxidation sites excluding steroid dienone is 7. The second-order valence-electron chi connectivity index (χ2n) is 23.2. The Hall–Kier alpha value is -5.32. The van der Waals surface area contributed by atoms with Crippen LogP contribution in [0.1, 0.15) is 118 Å². The molecule has 0 amide bonds. The van der Waals surface area contributed by atoms with E-state index in [1.54, 1.807) is 5.57 Å². The van der Waals surface area contributed by atoms with E-state index in [0.29, 0.717) is 5.92 Å². The maximum atomic E-state index is 2.82. The van der Waals surface area contributed by atoms with Gasteiger partial charge in [0.15, 0.2) is 0 Å². The van der Waals surface area contributed by atoms with Gasteiger partial charge in [0.1, 0.15) is 0 Å². The molecule has 5 aromatic carbocycles. The Bertz CT molecular complexity index is 2990. The van der Waals surface area contributed by atoms with Crippen molar-refractivity contribution in [3.63, 3.8) is 0 Å². The zero-order valence-corrected chi connectivity index (χ0v) is 41.4. The summed E-state index contributed by atoms with van der Waals surface area (Å²) in [5.74, 6) is 0.432. The molecule has 2 aliphatic heterocycles. The SMILES string of the molecule is Cc1cc2c3c(c1)N(C1=CCCC=C1)c1c(sc4cc(C(C)(C)C)ccc14)B3C1=C(CC3C(=C1)C(C)(C)CCC3(C)C)N2c1c(-c2ccccc2)cc(C(C)(C)C)cc1-c1ccccc1. The Kier molecular flexibility index (Phi) is 9.67. The standard InChI is InChI=1S/C61H65BN2S/c1-38-31-51-54-52(32-38)64(55-45(39-21-15-12-16-22-39)33-42(59(5,6)7)34-46(55)40-23-17-13-18-24-40)50-37-48-47(60(8,9)29-30-61(48,10)11)36-49(50)62(54)57-56(63(51)43-25-19-14-20-26-43)44-28-27-41(58(2,3)4)35-53(44)65-57/h12-13,15-19,21-28,31-36,48H,14,20,29-30,37H2,1-11H3. The van der Waals surface area contributed by atoms with E-state index < -0.39 is 0 Å². The first-order chi connectivity index (χ1) is 30.9. The van der Waals surface area contributed by atoms with E-state index in [0.717, 1.165) is 19.3 Å². The number of hydrogen-bond acceptors (Lipinski definition) is 3. The predicted octanol–water partition coefficient (Wildman–Crippen LogP) is 16.2. The Morgan fingerprint density at radius 1 is 0.677 bits per heavy atom. The molecule has 0 saturated heterocycles. The average molecular weight is 869 g/mol. The van der Waals surface area contributed by atoms with Gasteiger partial charge in [0.25, 0.3) is 6.71 Å². The zero-order chi connectivity index (χ0) is 45.4. The summed E-state index contributed by atoms with van der Waals surface area (Å²) >= 11 is 2.05. The van der Waals surface area contributed by atoms with E-state index in [1.807, 2.05) is 0 Å². The largest absolute Gasteiger partial charge is 0.314 e. The van der Waals surface area contributed by atoms with Crippen LogP contribution in [0.5, 0.6) is 0 Å². The Labute approximate surface area is 393 Å². The maximum absolute atomic E-state index is 2.82. The molecular formula is C61H65BN2S. The number of anilines is 4. The summed E-state index contributed by atoms with van der Waals surface area (Å²) in [5, 5.41) is 1.37. The summed E-state index contributed by atoms with van der Waals surface area (Å²) in [6.45, 7) is 26.8. The van der Waals surface area contributed by atoms with Crippen LogP contribution in [0.3, 0.4) is 0 Å². The number of nitrogens with zero attached hydrogens (tertiary/aromatic N) is 2. The van der Waals surface area contributed by atoms with Gasteiger partial charge in [-0.15, -0.1) is 11.3 Å². The molecule has 1 fully saturated rings. The minimum absolute atomic E-state index is 0.0545. The number of hydrogen-bond donors (Lipinski definition) is 0. The molecule has 0 radical (unpaired) electrons. The molecule has 1 aromatic heterocycles. The summed E-state index contributed by atoms with van der Waals surface area (Å²) in [4.78, 5) is 5.50. The van der Waals surface area contributed by atoms with Crippen molar-refractivity contribution >= 4 is 61.1 Å². The average Bonchev–Trinajstić information content (AvgIpc) is 3.66. The molecule has 2 nitrogen and oxygen atoms in total. The van der Waals surface area contributed by atoms with Crippen LogP contribution in [0.2, 0.25) is 0 Å². The van der Waals surface area contributed by atoms with Gasteiger partial charge in [-0.2, -0.15) is 0 Å². The highest BCUT2D eigenvalue weighted by atomic mass is 32.1. The summed E-state index contributed by atoms with van der Waals surface area (Å²) in [6.07, 6.45) is 15.6. The highest BCUT2D eigenvalue weighted by Crippen LogP contribution is 2.60. The number of benzene rings is 5. The quantitative estimate of drug-likeness (QED) is 0.163. The fourth-order valence-electron chi connectivity index (χ4n) is 11.9. The maximum Gasteiger partial charge on any atom is 0.264 e. The molecule has 1 atom stereocenters. The lowest BCUT2D eigenvalue weighted by Gasteiger charge is -2.54. The van der Waals surface area contributed by atoms with Crippen LogP contribution in [0.15, 0.2) is 150 Å². The highest BCUT2D eigenvalue weighted by molar-refractivity contribution is 7.33. The van der Waals surface area contributed by atoms with Crippen molar-refractivity contribution in [3.05, 3.63) is 167 Å². The van der Waals surface area contributed by atoms with Gasteiger partial charge in [0.05, 0.1) is 11.4 Å². The summed E-state index contributed by atoms with van der Waals surface area (Å²) in [5.41, 5.74) is 22.1. The first kappa shape index (κ1) is 42.3. The predicted molar refractivity (Wildman–Crippen MR) is 283 cm³/mol. The van der Waals surface area contributed by atoms with Gasteiger partial charge >= 0.3 is 0 Å². The van der Waals surface area contributed by atoms with E-state index in [2.05, 4.69) is 225 Å². The third-order valence-corrected chi connectivity index (χ3v) is 17.0. The van der Waals surface area contributed by atoms with Crippen LogP contribution in [-0.4, -0.2) is 6.71 Å². The normalized spacial score (nSPS) is 19.7. The molecule has 0 spiro atoms. The monoisotopic (exact) mass is 868 g/mol. The molecule has 0 bridgehead atoms. The summed E-state index contributed by atoms with van der Waals surface area (Å²) in [6, 6.07) is 40.0. The van der Waals surface area contributed by atoms with Crippen LogP contribution in [0.25, 0.3) is 32.3 Å². The van der Waals surface area contributed by atoms with Crippen molar-refractivity contribution < 1.29 is 0 Å². The number of thiophene rings is 1. The number of aryl methyl sites for hydroxylation is 1. The number of fused-ring (bicyclic) bond motifs is 6. The molecule has 5 aliphatic rings. The number of rotatable bonds is 4. The van der Waals surface area contributed by atoms with Gasteiger partial charge < -0.3 is 9.80 Å². The fourth-order valence-corrected chi connectivity index (χ4v) is 13.3. The minimum atomic E-state index is -0.0577. The first-order valence-electron chi connectivity index (χ1n) is 24.3. The molecule has 3 heterocycles. The van der Waals surface area contributed by atoms with E-state index in [4.69, 9.17) is 0 Å². The third-order valence-electron chi connectivity index (χ3n) is 15.8. The fraction of sp³-hybridized carbons (Fsp3) is 0.344. The lowest BCUT2D eigenvalue weighted by Crippen LogP contribution is -2.56. The Morgan fingerprint density at radius 3 is 1.91 bits per heavy atom. The Balaban J connectivity index is 1.31. The molecule has 1 unspecified atom stereocenters. The second-order valence-corrected chi connectivity index (χ2v) is 24.3. The Morgan fingerprint density at radius 2 is 1.31 bits per heavy atom. The topological polar surface area (TPSA) is 6.48 Å². The van der Waals surface area contributed by atoms with Crippen molar-refractivity contribution in [3.8, 4) is 22.3 Å². The first-order valence-corrected chi connectivity index (χ1v) is 25.2. The van der Waals surface area contributed by atoms with Gasteiger partial charge in [-0.25, -0.2) is 0 Å². The van der Waals surface area contributed by atoms with Crippen LogP contribution in [0, 0.1) is 23.7 Å². The summed E-state index contributed by atoms with van der Waals surface area (Å²) < 4.78 is 2.87. The van der Waals surface area contributed by atoms with Crippen molar-refractivity contribution in [2.45, 2.75) is 119 Å². The molecule has 65 heavy (non-hydrogen) atoms. The highest BCUT2D eigenvalue weighted by Gasteiger charge is 2.52. The van der Waals surface area contributed by atoms with E-state index in [-0.39, 0.29) is 28.4 Å². The van der Waals surface area contributed by atoms with Gasteiger partial charge in [-0.3, -0.25) is 0 Å². The minimum Gasteiger partial charge on any atom is -0.314 e. The van der Waals surface area contributed by atoms with Crippen LogP contribution >= 0.6 is 11.3 Å². The lowest BCUT2D eigenvalue weighted by molar-refractivity contribution is 0.121. The molecule has 328 valence electrons. The van der Waals surface area contributed by atoms with Crippen molar-refractivity contribution in [2.24, 2.45) is 16.7 Å². The van der Waals surface area contributed by atoms with Crippen LogP contribution < -0.4 is 20.0 Å². The van der Waals surface area contributed by atoms with Crippen molar-refractivity contribution in [1.82, 2.24) is 0 Å². The van der Waals surface area contributed by atoms with Crippen LogP contribution in [-0.2, 0) is 10.8 Å². The van der Waals surface area contributed by atoms with Crippen molar-refractivity contribution in [2.75, 3.05) is 9.80 Å². The van der Waals surface area contributed by atoms with Crippen molar-refractivity contribution in [1.29, 1.82) is 0 Å². The molecular weight excluding hydrogens is 804 g/mol.